The minimum atomic E-state index is -2.12. The number of benzene rings is 1. The molecular formula is C25H32O13. The standard InChI is InChI=1S/C25H32O13/c1-4-15-13(9-19(29)35-5-2)14(23(33)34-3)11-36-25(15,12-6-7-16(27)17(28)8-12)38-24-22(32)21(31)20(30)18(10-26)37-24/h4,6-8,11,13,18,20-22,24,26-28,30-32H,5,9-10H2,1-3H3/b15-4+/t13-,18-,20-,21+,22-,24+,25+/m1/s1. The fourth-order valence-corrected chi connectivity index (χ4v) is 4.45. The van der Waals surface area contributed by atoms with Gasteiger partial charge >= 0.3 is 11.9 Å². The number of methoxy groups -OCH3 is 1. The molecule has 7 atom stereocenters. The average Bonchev–Trinajstić information content (AvgIpc) is 2.90. The summed E-state index contributed by atoms with van der Waals surface area (Å²) in [7, 11) is 1.14. The van der Waals surface area contributed by atoms with E-state index in [2.05, 4.69) is 0 Å². The van der Waals surface area contributed by atoms with Crippen molar-refractivity contribution in [3.05, 3.63) is 47.2 Å². The lowest BCUT2D eigenvalue weighted by Crippen LogP contribution is -2.61. The highest BCUT2D eigenvalue weighted by Crippen LogP contribution is 2.49. The Morgan fingerprint density at radius 1 is 1.11 bits per heavy atom. The van der Waals surface area contributed by atoms with Crippen molar-refractivity contribution in [3.8, 4) is 11.5 Å². The van der Waals surface area contributed by atoms with E-state index in [-0.39, 0.29) is 29.7 Å². The number of rotatable bonds is 8. The first-order valence-corrected chi connectivity index (χ1v) is 11.8. The van der Waals surface area contributed by atoms with Crippen LogP contribution in [0.4, 0.5) is 0 Å². The molecule has 2 heterocycles. The molecular weight excluding hydrogens is 508 g/mol. The maximum Gasteiger partial charge on any atom is 0.337 e. The average molecular weight is 541 g/mol. The molecule has 0 amide bonds. The van der Waals surface area contributed by atoms with Gasteiger partial charge in [0.1, 0.15) is 24.4 Å². The molecule has 0 bridgehead atoms. The number of allylic oxidation sites excluding steroid dienone is 1. The second-order valence-corrected chi connectivity index (χ2v) is 8.62. The Bertz CT molecular complexity index is 1080. The summed E-state index contributed by atoms with van der Waals surface area (Å²) < 4.78 is 27.5. The molecule has 3 rings (SSSR count). The smallest absolute Gasteiger partial charge is 0.337 e. The van der Waals surface area contributed by atoms with Crippen molar-refractivity contribution in [2.24, 2.45) is 5.92 Å². The zero-order valence-corrected chi connectivity index (χ0v) is 21.0. The van der Waals surface area contributed by atoms with Crippen LogP contribution in [0.1, 0.15) is 25.8 Å². The molecule has 6 N–H and O–H groups in total. The van der Waals surface area contributed by atoms with Gasteiger partial charge in [0.15, 0.2) is 17.8 Å². The van der Waals surface area contributed by atoms with E-state index < -0.39 is 72.5 Å². The summed E-state index contributed by atoms with van der Waals surface area (Å²) >= 11 is 0. The van der Waals surface area contributed by atoms with E-state index in [0.29, 0.717) is 0 Å². The Balaban J connectivity index is 2.20. The largest absolute Gasteiger partial charge is 0.504 e. The SMILES string of the molecule is C/C=C1\[C@H](CC(=O)OCC)C(C(=O)OC)=CO[C@]1(O[C@@H]1O[C@H](CO)[C@@H](O)[C@H](O)[C@H]1O)c1ccc(O)c(O)c1. The minimum Gasteiger partial charge on any atom is -0.504 e. The molecule has 13 heteroatoms. The Hall–Kier alpha value is -3.20. The van der Waals surface area contributed by atoms with Crippen LogP contribution < -0.4 is 0 Å². The van der Waals surface area contributed by atoms with Gasteiger partial charge in [0, 0.05) is 17.1 Å². The lowest BCUT2D eigenvalue weighted by molar-refractivity contribution is -0.360. The summed E-state index contributed by atoms with van der Waals surface area (Å²) in [5, 5.41) is 60.9. The van der Waals surface area contributed by atoms with E-state index in [0.717, 1.165) is 25.5 Å². The van der Waals surface area contributed by atoms with Gasteiger partial charge in [0.25, 0.3) is 5.79 Å². The topological polar surface area (TPSA) is 202 Å². The van der Waals surface area contributed by atoms with Crippen molar-refractivity contribution < 1.29 is 63.9 Å². The number of hydrogen-bond donors (Lipinski definition) is 6. The molecule has 38 heavy (non-hydrogen) atoms. The van der Waals surface area contributed by atoms with E-state index >= 15 is 0 Å². The van der Waals surface area contributed by atoms with Crippen LogP contribution in [0.25, 0.3) is 0 Å². The van der Waals surface area contributed by atoms with Crippen LogP contribution in [-0.4, -0.2) is 93.6 Å². The summed E-state index contributed by atoms with van der Waals surface area (Å²) in [4.78, 5) is 25.2. The number of phenols is 2. The van der Waals surface area contributed by atoms with Crippen LogP contribution in [0.2, 0.25) is 0 Å². The number of carbonyl (C=O) groups excluding carboxylic acids is 2. The molecule has 0 aliphatic carbocycles. The Morgan fingerprint density at radius 2 is 1.82 bits per heavy atom. The lowest BCUT2D eigenvalue weighted by Gasteiger charge is -2.47. The fourth-order valence-electron chi connectivity index (χ4n) is 4.45. The van der Waals surface area contributed by atoms with Gasteiger partial charge in [0.2, 0.25) is 0 Å². The second kappa shape index (κ2) is 12.1. The molecule has 2 aliphatic heterocycles. The summed E-state index contributed by atoms with van der Waals surface area (Å²) in [6.45, 7) is 2.51. The van der Waals surface area contributed by atoms with Crippen LogP contribution in [0.15, 0.2) is 41.7 Å². The van der Waals surface area contributed by atoms with Crippen LogP contribution in [-0.2, 0) is 39.1 Å². The van der Waals surface area contributed by atoms with Crippen LogP contribution >= 0.6 is 0 Å². The molecule has 0 saturated carbocycles. The van der Waals surface area contributed by atoms with Gasteiger partial charge in [-0.25, -0.2) is 4.79 Å². The van der Waals surface area contributed by atoms with Gasteiger partial charge in [-0.05, 0) is 32.0 Å². The molecule has 0 spiro atoms. The van der Waals surface area contributed by atoms with E-state index in [1.807, 2.05) is 0 Å². The van der Waals surface area contributed by atoms with Crippen LogP contribution in [0.3, 0.4) is 0 Å². The van der Waals surface area contributed by atoms with Crippen molar-refractivity contribution in [3.63, 3.8) is 0 Å². The summed E-state index contributed by atoms with van der Waals surface area (Å²) in [6, 6.07) is 3.56. The van der Waals surface area contributed by atoms with E-state index in [9.17, 15) is 40.2 Å². The third-order valence-corrected chi connectivity index (χ3v) is 6.38. The van der Waals surface area contributed by atoms with Gasteiger partial charge in [-0.15, -0.1) is 0 Å². The normalized spacial score (nSPS) is 32.3. The number of aliphatic hydroxyl groups is 4. The lowest BCUT2D eigenvalue weighted by atomic mass is 9.79. The number of aliphatic hydroxyl groups excluding tert-OH is 4. The Morgan fingerprint density at radius 3 is 2.39 bits per heavy atom. The van der Waals surface area contributed by atoms with E-state index in [4.69, 9.17) is 23.7 Å². The monoisotopic (exact) mass is 540 g/mol. The zero-order valence-electron chi connectivity index (χ0n) is 21.0. The number of hydrogen-bond acceptors (Lipinski definition) is 13. The maximum absolute atomic E-state index is 12.6. The molecule has 1 fully saturated rings. The predicted octanol–water partition coefficient (Wildman–Crippen LogP) is -0.330. The number of ether oxygens (including phenoxy) is 5. The highest BCUT2D eigenvalue weighted by molar-refractivity contribution is 5.91. The second-order valence-electron chi connectivity index (χ2n) is 8.62. The molecule has 0 aromatic heterocycles. The highest BCUT2D eigenvalue weighted by atomic mass is 16.8. The van der Waals surface area contributed by atoms with Gasteiger partial charge in [-0.1, -0.05) is 6.08 Å². The number of esters is 2. The summed E-state index contributed by atoms with van der Waals surface area (Å²) in [6.07, 6.45) is -6.23. The zero-order chi connectivity index (χ0) is 28.2. The van der Waals surface area contributed by atoms with Crippen LogP contribution in [0.5, 0.6) is 11.5 Å². The third-order valence-electron chi connectivity index (χ3n) is 6.38. The number of aromatic hydroxyl groups is 2. The van der Waals surface area contributed by atoms with Gasteiger partial charge in [0.05, 0.1) is 38.6 Å². The summed E-state index contributed by atoms with van der Waals surface area (Å²) in [5.41, 5.74) is 0.0899. The van der Waals surface area contributed by atoms with Gasteiger partial charge < -0.3 is 54.3 Å². The fraction of sp³-hybridized carbons (Fsp3) is 0.520. The molecule has 210 valence electrons. The molecule has 1 aromatic carbocycles. The molecule has 1 saturated heterocycles. The van der Waals surface area contributed by atoms with Crippen molar-refractivity contribution in [1.82, 2.24) is 0 Å². The quantitative estimate of drug-likeness (QED) is 0.142. The Labute approximate surface area is 218 Å². The van der Waals surface area contributed by atoms with E-state index in [1.54, 1.807) is 13.8 Å². The Kier molecular flexibility index (Phi) is 9.35. The molecule has 1 aromatic rings. The maximum atomic E-state index is 12.6. The molecule has 13 nitrogen and oxygen atoms in total. The predicted molar refractivity (Wildman–Crippen MR) is 126 cm³/mol. The third kappa shape index (κ3) is 5.48. The summed E-state index contributed by atoms with van der Waals surface area (Å²) in [5.74, 6) is -5.69. The van der Waals surface area contributed by atoms with E-state index in [1.165, 1.54) is 12.1 Å². The minimum absolute atomic E-state index is 0.0342. The van der Waals surface area contributed by atoms with Crippen LogP contribution in [0, 0.1) is 5.92 Å². The van der Waals surface area contributed by atoms with Gasteiger partial charge in [-0.2, -0.15) is 0 Å². The van der Waals surface area contributed by atoms with Crippen molar-refractivity contribution in [2.45, 2.75) is 56.8 Å². The van der Waals surface area contributed by atoms with Crippen molar-refractivity contribution >= 4 is 11.9 Å². The first-order chi connectivity index (χ1) is 18.0. The van der Waals surface area contributed by atoms with Gasteiger partial charge in [-0.3, -0.25) is 4.79 Å². The first-order valence-electron chi connectivity index (χ1n) is 11.8. The molecule has 2 aliphatic rings. The highest BCUT2D eigenvalue weighted by Gasteiger charge is 2.54. The first kappa shape index (κ1) is 29.4. The molecule has 0 radical (unpaired) electrons. The van der Waals surface area contributed by atoms with Crippen molar-refractivity contribution in [2.75, 3.05) is 20.3 Å². The number of carbonyl (C=O) groups is 2. The molecule has 0 unspecified atom stereocenters. The van der Waals surface area contributed by atoms with Crippen molar-refractivity contribution in [1.29, 1.82) is 0 Å². The number of phenolic OH excluding ortho intramolecular Hbond substituents is 2.